The number of aliphatic hydroxyl groups excluding tert-OH is 1. The van der Waals surface area contributed by atoms with Crippen LogP contribution >= 0.6 is 0 Å². The van der Waals surface area contributed by atoms with Crippen molar-refractivity contribution in [3.63, 3.8) is 0 Å². The molecular weight excluding hydrogens is 324 g/mol. The van der Waals surface area contributed by atoms with Crippen LogP contribution in [0.2, 0.25) is 0 Å². The molecule has 1 aliphatic rings. The van der Waals surface area contributed by atoms with E-state index in [0.717, 1.165) is 19.3 Å². The topological polar surface area (TPSA) is 99.4 Å². The van der Waals surface area contributed by atoms with Crippen molar-refractivity contribution in [1.29, 1.82) is 0 Å². The van der Waals surface area contributed by atoms with Crippen LogP contribution in [-0.2, 0) is 9.47 Å². The Balaban J connectivity index is 2.86. The van der Waals surface area contributed by atoms with Gasteiger partial charge in [-0.2, -0.15) is 0 Å². The summed E-state index contributed by atoms with van der Waals surface area (Å²) < 4.78 is 11.8. The molecule has 1 fully saturated rings. The molecule has 25 heavy (non-hydrogen) atoms. The molecule has 4 N–H and O–H groups in total. The lowest BCUT2D eigenvalue weighted by atomic mass is 9.61. The number of hydrogen-bond acceptors (Lipinski definition) is 6. The Kier molecular flexibility index (Phi) is 7.10. The fraction of sp³-hybridized carbons (Fsp3) is 1.00. The van der Waals surface area contributed by atoms with Crippen LogP contribution in [0.25, 0.3) is 0 Å². The summed E-state index contributed by atoms with van der Waals surface area (Å²) in [5.74, 6) is -1.57. The molecule has 0 aliphatic carbocycles. The molecular formula is C19H38O6. The van der Waals surface area contributed by atoms with E-state index in [9.17, 15) is 20.4 Å². The second-order valence-corrected chi connectivity index (χ2v) is 8.27. The van der Waals surface area contributed by atoms with Gasteiger partial charge in [0.2, 0.25) is 0 Å². The van der Waals surface area contributed by atoms with Gasteiger partial charge in [0.25, 0.3) is 0 Å². The van der Waals surface area contributed by atoms with Gasteiger partial charge in [0.15, 0.2) is 5.79 Å². The number of hydrogen-bond donors (Lipinski definition) is 4. The van der Waals surface area contributed by atoms with E-state index in [1.807, 2.05) is 0 Å². The van der Waals surface area contributed by atoms with Gasteiger partial charge in [-0.05, 0) is 41.0 Å². The number of aliphatic hydroxyl groups is 4. The Morgan fingerprint density at radius 3 is 1.80 bits per heavy atom. The highest BCUT2D eigenvalue weighted by atomic mass is 16.7. The van der Waals surface area contributed by atoms with Crippen LogP contribution in [0.3, 0.4) is 0 Å². The van der Waals surface area contributed by atoms with Crippen LogP contribution in [0, 0.1) is 0 Å². The highest BCUT2D eigenvalue weighted by Crippen LogP contribution is 2.53. The second kappa shape index (κ2) is 7.79. The Morgan fingerprint density at radius 2 is 1.28 bits per heavy atom. The van der Waals surface area contributed by atoms with Crippen molar-refractivity contribution in [2.75, 3.05) is 13.2 Å². The van der Waals surface area contributed by atoms with Gasteiger partial charge in [-0.25, -0.2) is 0 Å². The quantitative estimate of drug-likeness (QED) is 0.469. The number of ether oxygens (including phenoxy) is 2. The molecule has 1 saturated heterocycles. The third-order valence-electron chi connectivity index (χ3n) is 6.41. The maximum atomic E-state index is 11.0. The predicted octanol–water partition coefficient (Wildman–Crippen LogP) is 2.11. The van der Waals surface area contributed by atoms with Gasteiger partial charge in [0, 0.05) is 0 Å². The SMILES string of the molecule is CCCCCCCCOC1(C)OC(C)(CO)C(C)(O)C(C)(O)C1(C)O. The molecule has 1 heterocycles. The predicted molar refractivity (Wildman–Crippen MR) is 96.2 cm³/mol. The van der Waals surface area contributed by atoms with Crippen LogP contribution in [0.5, 0.6) is 0 Å². The molecule has 1 rings (SSSR count). The molecule has 1 aliphatic heterocycles. The first-order valence-corrected chi connectivity index (χ1v) is 9.45. The standard InChI is InChI=1S/C19H38O6/c1-7-8-9-10-11-12-13-24-19(6)18(5,23)17(4,22)16(3,21)15(2,14-20)25-19/h20-23H,7-14H2,1-6H3. The maximum absolute atomic E-state index is 11.0. The van der Waals surface area contributed by atoms with E-state index in [1.54, 1.807) is 6.92 Å². The first-order valence-electron chi connectivity index (χ1n) is 9.45. The van der Waals surface area contributed by atoms with Crippen molar-refractivity contribution in [1.82, 2.24) is 0 Å². The van der Waals surface area contributed by atoms with Gasteiger partial charge in [-0.15, -0.1) is 0 Å². The van der Waals surface area contributed by atoms with Crippen molar-refractivity contribution in [2.24, 2.45) is 0 Å². The van der Waals surface area contributed by atoms with Crippen LogP contribution in [0.1, 0.15) is 80.1 Å². The first kappa shape index (κ1) is 22.8. The fourth-order valence-corrected chi connectivity index (χ4v) is 3.57. The van der Waals surface area contributed by atoms with Crippen molar-refractivity contribution in [2.45, 2.75) is 108 Å². The Morgan fingerprint density at radius 1 is 0.760 bits per heavy atom. The normalized spacial score (nSPS) is 44.9. The smallest absolute Gasteiger partial charge is 0.197 e. The molecule has 150 valence electrons. The summed E-state index contributed by atoms with van der Waals surface area (Å²) in [4.78, 5) is 0. The van der Waals surface area contributed by atoms with E-state index in [0.29, 0.717) is 6.61 Å². The molecule has 0 saturated carbocycles. The Bertz CT molecular complexity index is 434. The molecule has 0 bridgehead atoms. The minimum absolute atomic E-state index is 0.360. The zero-order valence-electron chi connectivity index (χ0n) is 16.8. The van der Waals surface area contributed by atoms with Crippen molar-refractivity contribution < 1.29 is 29.9 Å². The van der Waals surface area contributed by atoms with Crippen molar-refractivity contribution >= 4 is 0 Å². The van der Waals surface area contributed by atoms with E-state index < -0.39 is 34.8 Å². The molecule has 0 aromatic heterocycles. The van der Waals surface area contributed by atoms with Gasteiger partial charge < -0.3 is 29.9 Å². The van der Waals surface area contributed by atoms with Crippen molar-refractivity contribution in [3.05, 3.63) is 0 Å². The summed E-state index contributed by atoms with van der Waals surface area (Å²) in [7, 11) is 0. The van der Waals surface area contributed by atoms with Gasteiger partial charge in [-0.3, -0.25) is 0 Å². The van der Waals surface area contributed by atoms with Gasteiger partial charge in [0.1, 0.15) is 22.4 Å². The highest BCUT2D eigenvalue weighted by Gasteiger charge is 2.74. The Labute approximate surface area is 152 Å². The summed E-state index contributed by atoms with van der Waals surface area (Å²) in [6, 6.07) is 0. The molecule has 5 unspecified atom stereocenters. The van der Waals surface area contributed by atoms with Gasteiger partial charge in [0.05, 0.1) is 13.2 Å². The largest absolute Gasteiger partial charge is 0.393 e. The third kappa shape index (κ3) is 3.75. The third-order valence-corrected chi connectivity index (χ3v) is 6.41. The maximum Gasteiger partial charge on any atom is 0.197 e. The van der Waals surface area contributed by atoms with E-state index in [1.165, 1.54) is 47.0 Å². The van der Waals surface area contributed by atoms with Crippen LogP contribution in [0.4, 0.5) is 0 Å². The molecule has 0 aromatic carbocycles. The summed E-state index contributed by atoms with van der Waals surface area (Å²) in [6.45, 7) is 9.14. The average molecular weight is 363 g/mol. The highest BCUT2D eigenvalue weighted by molar-refractivity contribution is 5.21. The van der Waals surface area contributed by atoms with Crippen molar-refractivity contribution in [3.8, 4) is 0 Å². The lowest BCUT2D eigenvalue weighted by molar-refractivity contribution is -0.457. The fourth-order valence-electron chi connectivity index (χ4n) is 3.57. The van der Waals surface area contributed by atoms with Crippen LogP contribution in [0.15, 0.2) is 0 Å². The minimum atomic E-state index is -1.97. The zero-order valence-corrected chi connectivity index (χ0v) is 16.8. The molecule has 5 atom stereocenters. The summed E-state index contributed by atoms with van der Waals surface area (Å²) >= 11 is 0. The van der Waals surface area contributed by atoms with E-state index >= 15 is 0 Å². The molecule has 6 nitrogen and oxygen atoms in total. The minimum Gasteiger partial charge on any atom is -0.393 e. The molecule has 0 amide bonds. The lowest BCUT2D eigenvalue weighted by Gasteiger charge is -2.65. The Hall–Kier alpha value is -0.240. The molecule has 0 aromatic rings. The number of unbranched alkanes of at least 4 members (excludes halogenated alkanes) is 5. The average Bonchev–Trinajstić information content (AvgIpc) is 2.52. The molecule has 6 heteroatoms. The summed E-state index contributed by atoms with van der Waals surface area (Å²) in [6.07, 6.45) is 6.58. The van der Waals surface area contributed by atoms with Crippen LogP contribution in [-0.4, -0.2) is 61.8 Å². The first-order chi connectivity index (χ1) is 11.3. The van der Waals surface area contributed by atoms with E-state index in [4.69, 9.17) is 9.47 Å². The number of rotatable bonds is 9. The second-order valence-electron chi connectivity index (χ2n) is 8.27. The monoisotopic (exact) mass is 362 g/mol. The van der Waals surface area contributed by atoms with E-state index in [2.05, 4.69) is 6.92 Å². The molecule has 0 radical (unpaired) electrons. The van der Waals surface area contributed by atoms with Crippen LogP contribution < -0.4 is 0 Å². The van der Waals surface area contributed by atoms with Gasteiger partial charge >= 0.3 is 0 Å². The lowest BCUT2D eigenvalue weighted by Crippen LogP contribution is -2.84. The zero-order chi connectivity index (χ0) is 19.6. The van der Waals surface area contributed by atoms with E-state index in [-0.39, 0.29) is 0 Å². The summed E-state index contributed by atoms with van der Waals surface area (Å²) in [5, 5.41) is 42.6. The molecule has 0 spiro atoms. The van der Waals surface area contributed by atoms with Gasteiger partial charge in [-0.1, -0.05) is 39.0 Å². The summed E-state index contributed by atoms with van der Waals surface area (Å²) in [5.41, 5.74) is -7.23.